The Balaban J connectivity index is 1.56. The highest BCUT2D eigenvalue weighted by Crippen LogP contribution is 2.28. The van der Waals surface area contributed by atoms with Gasteiger partial charge in [0.15, 0.2) is 0 Å². The SMILES string of the molecule is O=C(NCc1ccc(F)cc1F)c1ccc2c(n1)N(Cc1cc(F)cc(F)c1)C(=O)CC2. The lowest BCUT2D eigenvalue weighted by atomic mass is 10.0. The molecule has 0 spiro atoms. The van der Waals surface area contributed by atoms with Crippen molar-refractivity contribution in [3.8, 4) is 0 Å². The highest BCUT2D eigenvalue weighted by atomic mass is 19.1. The third kappa shape index (κ3) is 4.61. The molecule has 4 rings (SSSR count). The molecule has 9 heteroatoms. The van der Waals surface area contributed by atoms with Crippen LogP contribution in [0.25, 0.3) is 0 Å². The predicted molar refractivity (Wildman–Crippen MR) is 108 cm³/mol. The van der Waals surface area contributed by atoms with Crippen molar-refractivity contribution in [2.75, 3.05) is 4.90 Å². The lowest BCUT2D eigenvalue weighted by Gasteiger charge is -2.28. The van der Waals surface area contributed by atoms with Crippen molar-refractivity contribution in [3.05, 3.63) is 94.2 Å². The van der Waals surface area contributed by atoms with Gasteiger partial charge in [-0.15, -0.1) is 0 Å². The molecule has 0 radical (unpaired) electrons. The number of carbonyl (C=O) groups excluding carboxylic acids is 2. The Morgan fingerprint density at radius 1 is 0.938 bits per heavy atom. The number of halogens is 4. The van der Waals surface area contributed by atoms with Gasteiger partial charge in [-0.25, -0.2) is 22.5 Å². The summed E-state index contributed by atoms with van der Waals surface area (Å²) in [6.45, 7) is -0.297. The first kappa shape index (κ1) is 21.5. The van der Waals surface area contributed by atoms with E-state index in [9.17, 15) is 27.2 Å². The normalized spacial score (nSPS) is 13.1. The fourth-order valence-corrected chi connectivity index (χ4v) is 3.51. The maximum absolute atomic E-state index is 13.8. The molecule has 5 nitrogen and oxygen atoms in total. The van der Waals surface area contributed by atoms with E-state index in [-0.39, 0.29) is 48.1 Å². The Kier molecular flexibility index (Phi) is 5.89. The van der Waals surface area contributed by atoms with E-state index in [2.05, 4.69) is 10.3 Å². The van der Waals surface area contributed by atoms with Crippen LogP contribution < -0.4 is 10.2 Å². The Morgan fingerprint density at radius 2 is 1.69 bits per heavy atom. The fourth-order valence-electron chi connectivity index (χ4n) is 3.51. The molecule has 3 aromatic rings. The summed E-state index contributed by atoms with van der Waals surface area (Å²) in [6.07, 6.45) is 0.611. The number of benzene rings is 2. The molecule has 1 N–H and O–H groups in total. The van der Waals surface area contributed by atoms with Crippen LogP contribution in [0.5, 0.6) is 0 Å². The van der Waals surface area contributed by atoms with Gasteiger partial charge in [0.2, 0.25) is 5.91 Å². The van der Waals surface area contributed by atoms with Gasteiger partial charge in [0, 0.05) is 30.7 Å². The molecular weight excluding hydrogens is 426 g/mol. The maximum atomic E-state index is 13.8. The molecule has 0 saturated heterocycles. The lowest BCUT2D eigenvalue weighted by molar-refractivity contribution is -0.119. The molecule has 1 aromatic heterocycles. The molecule has 164 valence electrons. The van der Waals surface area contributed by atoms with Gasteiger partial charge < -0.3 is 5.32 Å². The topological polar surface area (TPSA) is 62.3 Å². The summed E-state index contributed by atoms with van der Waals surface area (Å²) in [6, 6.07) is 9.14. The molecule has 0 fully saturated rings. The summed E-state index contributed by atoms with van der Waals surface area (Å²) >= 11 is 0. The number of nitrogens with zero attached hydrogens (tertiary/aromatic N) is 2. The molecule has 2 amide bonds. The van der Waals surface area contributed by atoms with Gasteiger partial charge >= 0.3 is 0 Å². The Labute approximate surface area is 180 Å². The summed E-state index contributed by atoms with van der Waals surface area (Å²) in [5.41, 5.74) is 1.04. The van der Waals surface area contributed by atoms with Crippen LogP contribution in [0.3, 0.4) is 0 Å². The van der Waals surface area contributed by atoms with Gasteiger partial charge in [-0.3, -0.25) is 14.5 Å². The molecular formula is C23H17F4N3O2. The molecule has 0 saturated carbocycles. The van der Waals surface area contributed by atoms with Gasteiger partial charge in [-0.1, -0.05) is 12.1 Å². The van der Waals surface area contributed by atoms with Gasteiger partial charge in [0.1, 0.15) is 34.8 Å². The number of amides is 2. The minimum atomic E-state index is -0.789. The predicted octanol–water partition coefficient (Wildman–Crippen LogP) is 4.05. The third-order valence-electron chi connectivity index (χ3n) is 5.07. The molecule has 0 unspecified atom stereocenters. The second-order valence-corrected chi connectivity index (χ2v) is 7.36. The van der Waals surface area contributed by atoms with Crippen LogP contribution in [-0.4, -0.2) is 16.8 Å². The lowest BCUT2D eigenvalue weighted by Crippen LogP contribution is -2.36. The Morgan fingerprint density at radius 3 is 2.41 bits per heavy atom. The zero-order valence-electron chi connectivity index (χ0n) is 16.7. The zero-order valence-corrected chi connectivity index (χ0v) is 16.7. The first-order chi connectivity index (χ1) is 15.3. The van der Waals surface area contributed by atoms with Crippen LogP contribution in [0, 0.1) is 23.3 Å². The molecule has 32 heavy (non-hydrogen) atoms. The van der Waals surface area contributed by atoms with Crippen LogP contribution in [0.1, 0.15) is 33.6 Å². The fraction of sp³-hybridized carbons (Fsp3) is 0.174. The first-order valence-corrected chi connectivity index (χ1v) is 9.77. The van der Waals surface area contributed by atoms with Crippen molar-refractivity contribution in [1.29, 1.82) is 0 Å². The van der Waals surface area contributed by atoms with E-state index in [4.69, 9.17) is 0 Å². The number of hydrogen-bond acceptors (Lipinski definition) is 3. The summed E-state index contributed by atoms with van der Waals surface area (Å²) < 4.78 is 53.9. The molecule has 0 bridgehead atoms. The minimum absolute atomic E-state index is 0.0172. The van der Waals surface area contributed by atoms with Crippen molar-refractivity contribution >= 4 is 17.6 Å². The average molecular weight is 443 g/mol. The number of aromatic nitrogens is 1. The van der Waals surface area contributed by atoms with Crippen molar-refractivity contribution < 1.29 is 27.2 Å². The summed E-state index contributed by atoms with van der Waals surface area (Å²) in [5.74, 6) is -3.73. The number of fused-ring (bicyclic) bond motifs is 1. The van der Waals surface area contributed by atoms with Gasteiger partial charge in [-0.2, -0.15) is 0 Å². The summed E-state index contributed by atoms with van der Waals surface area (Å²) in [7, 11) is 0. The van der Waals surface area contributed by atoms with Crippen LogP contribution >= 0.6 is 0 Å². The minimum Gasteiger partial charge on any atom is -0.347 e. The number of anilines is 1. The van der Waals surface area contributed by atoms with Crippen LogP contribution in [-0.2, 0) is 24.3 Å². The van der Waals surface area contributed by atoms with Crippen LogP contribution in [0.2, 0.25) is 0 Å². The number of pyridine rings is 1. The Bertz CT molecular complexity index is 1200. The van der Waals surface area contributed by atoms with E-state index < -0.39 is 29.2 Å². The van der Waals surface area contributed by atoms with E-state index in [1.165, 1.54) is 17.0 Å². The molecule has 0 atom stereocenters. The number of hydrogen-bond donors (Lipinski definition) is 1. The molecule has 2 aromatic carbocycles. The summed E-state index contributed by atoms with van der Waals surface area (Å²) in [4.78, 5) is 30.6. The zero-order chi connectivity index (χ0) is 22.8. The van der Waals surface area contributed by atoms with Gasteiger partial charge in [0.25, 0.3) is 5.91 Å². The Hall–Kier alpha value is -3.75. The van der Waals surface area contributed by atoms with Crippen molar-refractivity contribution in [2.24, 2.45) is 0 Å². The molecule has 0 aliphatic carbocycles. The van der Waals surface area contributed by atoms with Crippen LogP contribution in [0.4, 0.5) is 23.4 Å². The van der Waals surface area contributed by atoms with E-state index in [0.717, 1.165) is 30.3 Å². The standard InChI is InChI=1S/C23H17F4N3O2/c24-16-4-1-15(19(27)10-16)11-28-23(32)20-5-2-14-3-6-21(31)30(22(14)29-20)12-13-7-17(25)9-18(26)8-13/h1-2,4-5,7-10H,3,6,11-12H2,(H,28,32). The molecule has 1 aliphatic heterocycles. The number of carbonyl (C=O) groups is 2. The van der Waals surface area contributed by atoms with Crippen molar-refractivity contribution in [2.45, 2.75) is 25.9 Å². The molecule has 1 aliphatic rings. The highest BCUT2D eigenvalue weighted by Gasteiger charge is 2.27. The van der Waals surface area contributed by atoms with Crippen molar-refractivity contribution in [3.63, 3.8) is 0 Å². The second kappa shape index (κ2) is 8.78. The number of aryl methyl sites for hydroxylation is 1. The van der Waals surface area contributed by atoms with Gasteiger partial charge in [-0.05, 0) is 41.8 Å². The van der Waals surface area contributed by atoms with E-state index in [0.29, 0.717) is 12.0 Å². The van der Waals surface area contributed by atoms with Gasteiger partial charge in [0.05, 0.1) is 6.54 Å². The smallest absolute Gasteiger partial charge is 0.270 e. The van der Waals surface area contributed by atoms with E-state index in [1.807, 2.05) is 0 Å². The summed E-state index contributed by atoms with van der Waals surface area (Å²) in [5, 5.41) is 2.51. The maximum Gasteiger partial charge on any atom is 0.270 e. The molecule has 2 heterocycles. The highest BCUT2D eigenvalue weighted by molar-refractivity contribution is 5.97. The quantitative estimate of drug-likeness (QED) is 0.606. The largest absolute Gasteiger partial charge is 0.347 e. The second-order valence-electron chi connectivity index (χ2n) is 7.36. The monoisotopic (exact) mass is 443 g/mol. The number of nitrogens with one attached hydrogen (secondary N) is 1. The number of rotatable bonds is 5. The van der Waals surface area contributed by atoms with Crippen molar-refractivity contribution in [1.82, 2.24) is 10.3 Å². The average Bonchev–Trinajstić information content (AvgIpc) is 2.74. The van der Waals surface area contributed by atoms with E-state index in [1.54, 1.807) is 6.07 Å². The van der Waals surface area contributed by atoms with E-state index >= 15 is 0 Å². The third-order valence-corrected chi connectivity index (χ3v) is 5.07. The first-order valence-electron chi connectivity index (χ1n) is 9.77. The van der Waals surface area contributed by atoms with Crippen LogP contribution in [0.15, 0.2) is 48.5 Å².